The van der Waals surface area contributed by atoms with Gasteiger partial charge in [-0.2, -0.15) is 0 Å². The van der Waals surface area contributed by atoms with Crippen LogP contribution in [0, 0.1) is 0 Å². The summed E-state index contributed by atoms with van der Waals surface area (Å²) in [7, 11) is 0. The van der Waals surface area contributed by atoms with Gasteiger partial charge in [0.1, 0.15) is 0 Å². The molecular weight excluding hydrogens is 288 g/mol. The SMILES string of the molecule is c1ccc(-c2cccc(C3(Cn4ccnc4)OCCO3)c2)cc1. The lowest BCUT2D eigenvalue weighted by molar-refractivity contribution is -0.176. The van der Waals surface area contributed by atoms with Crippen LogP contribution in [0.3, 0.4) is 0 Å². The van der Waals surface area contributed by atoms with Crippen LogP contribution in [0.25, 0.3) is 11.1 Å². The van der Waals surface area contributed by atoms with Crippen molar-refractivity contribution in [3.05, 3.63) is 78.9 Å². The van der Waals surface area contributed by atoms with Crippen molar-refractivity contribution in [2.45, 2.75) is 12.3 Å². The molecule has 0 aliphatic carbocycles. The molecule has 2 aromatic carbocycles. The molecule has 1 fully saturated rings. The molecule has 0 radical (unpaired) electrons. The maximum Gasteiger partial charge on any atom is 0.213 e. The van der Waals surface area contributed by atoms with Gasteiger partial charge in [-0.1, -0.05) is 48.5 Å². The third-order valence-electron chi connectivity index (χ3n) is 4.11. The molecule has 0 N–H and O–H groups in total. The monoisotopic (exact) mass is 306 g/mol. The summed E-state index contributed by atoms with van der Waals surface area (Å²) in [6.45, 7) is 1.79. The molecule has 0 amide bonds. The Morgan fingerprint density at radius 3 is 2.48 bits per heavy atom. The van der Waals surface area contributed by atoms with Crippen molar-refractivity contribution in [1.82, 2.24) is 9.55 Å². The van der Waals surface area contributed by atoms with Gasteiger partial charge in [0, 0.05) is 18.0 Å². The van der Waals surface area contributed by atoms with Gasteiger partial charge < -0.3 is 14.0 Å². The van der Waals surface area contributed by atoms with Crippen molar-refractivity contribution in [2.24, 2.45) is 0 Å². The normalized spacial score (nSPS) is 16.5. The first kappa shape index (κ1) is 14.2. The van der Waals surface area contributed by atoms with Gasteiger partial charge in [0.15, 0.2) is 0 Å². The summed E-state index contributed by atoms with van der Waals surface area (Å²) in [5.74, 6) is -0.745. The lowest BCUT2D eigenvalue weighted by Gasteiger charge is -2.28. The van der Waals surface area contributed by atoms with E-state index in [0.717, 1.165) is 11.1 Å². The molecule has 0 spiro atoms. The Bertz CT molecular complexity index is 763. The maximum absolute atomic E-state index is 6.02. The molecule has 3 aromatic rings. The maximum atomic E-state index is 6.02. The predicted octanol–water partition coefficient (Wildman–Crippen LogP) is 3.45. The molecule has 1 saturated heterocycles. The van der Waals surface area contributed by atoms with Crippen LogP contribution in [-0.4, -0.2) is 22.8 Å². The van der Waals surface area contributed by atoms with Crippen LogP contribution in [-0.2, 0) is 21.8 Å². The van der Waals surface area contributed by atoms with Gasteiger partial charge in [0.25, 0.3) is 0 Å². The van der Waals surface area contributed by atoms with E-state index >= 15 is 0 Å². The van der Waals surface area contributed by atoms with E-state index in [-0.39, 0.29) is 0 Å². The second kappa shape index (κ2) is 5.99. The molecule has 1 aliphatic rings. The third-order valence-corrected chi connectivity index (χ3v) is 4.11. The number of aromatic nitrogens is 2. The van der Waals surface area contributed by atoms with Crippen LogP contribution in [0.1, 0.15) is 5.56 Å². The molecule has 0 unspecified atom stereocenters. The lowest BCUT2D eigenvalue weighted by atomic mass is 9.98. The van der Waals surface area contributed by atoms with E-state index in [9.17, 15) is 0 Å². The highest BCUT2D eigenvalue weighted by atomic mass is 16.7. The minimum atomic E-state index is -0.745. The first-order valence-corrected chi connectivity index (χ1v) is 7.75. The van der Waals surface area contributed by atoms with Gasteiger partial charge in [-0.15, -0.1) is 0 Å². The zero-order valence-electron chi connectivity index (χ0n) is 12.8. The quantitative estimate of drug-likeness (QED) is 0.741. The summed E-state index contributed by atoms with van der Waals surface area (Å²) in [6.07, 6.45) is 5.48. The summed E-state index contributed by atoms with van der Waals surface area (Å²) in [4.78, 5) is 4.11. The number of ether oxygens (including phenoxy) is 2. The summed E-state index contributed by atoms with van der Waals surface area (Å²) in [5.41, 5.74) is 3.38. The summed E-state index contributed by atoms with van der Waals surface area (Å²) >= 11 is 0. The average Bonchev–Trinajstić information content (AvgIpc) is 3.29. The van der Waals surface area contributed by atoms with Crippen LogP contribution >= 0.6 is 0 Å². The second-order valence-electron chi connectivity index (χ2n) is 5.63. The van der Waals surface area contributed by atoms with E-state index < -0.39 is 5.79 Å². The predicted molar refractivity (Wildman–Crippen MR) is 87.7 cm³/mol. The number of nitrogens with zero attached hydrogens (tertiary/aromatic N) is 2. The highest BCUT2D eigenvalue weighted by Gasteiger charge is 2.39. The van der Waals surface area contributed by atoms with Gasteiger partial charge in [-0.25, -0.2) is 4.98 Å². The van der Waals surface area contributed by atoms with E-state index in [0.29, 0.717) is 19.8 Å². The number of rotatable bonds is 4. The Morgan fingerprint density at radius 2 is 1.74 bits per heavy atom. The first-order valence-electron chi connectivity index (χ1n) is 7.75. The van der Waals surface area contributed by atoms with Crippen LogP contribution in [0.5, 0.6) is 0 Å². The molecule has 4 rings (SSSR count). The minimum Gasteiger partial charge on any atom is -0.342 e. The Balaban J connectivity index is 1.72. The third kappa shape index (κ3) is 2.79. The highest BCUT2D eigenvalue weighted by molar-refractivity contribution is 5.64. The lowest BCUT2D eigenvalue weighted by Crippen LogP contribution is -2.32. The van der Waals surface area contributed by atoms with Crippen LogP contribution in [0.4, 0.5) is 0 Å². The van der Waals surface area contributed by atoms with Gasteiger partial charge in [-0.3, -0.25) is 0 Å². The number of benzene rings is 2. The van der Waals surface area contributed by atoms with Crippen molar-refractivity contribution >= 4 is 0 Å². The van der Waals surface area contributed by atoms with Crippen molar-refractivity contribution in [1.29, 1.82) is 0 Å². The Kier molecular flexibility index (Phi) is 3.69. The molecule has 1 aromatic heterocycles. The molecule has 23 heavy (non-hydrogen) atoms. The van der Waals surface area contributed by atoms with E-state index in [1.54, 1.807) is 12.5 Å². The average molecular weight is 306 g/mol. The van der Waals surface area contributed by atoms with Gasteiger partial charge in [0.05, 0.1) is 26.1 Å². The van der Waals surface area contributed by atoms with Crippen LogP contribution in [0.15, 0.2) is 73.3 Å². The fourth-order valence-electron chi connectivity index (χ4n) is 2.99. The van der Waals surface area contributed by atoms with Gasteiger partial charge in [-0.05, 0) is 17.2 Å². The Morgan fingerprint density at radius 1 is 0.957 bits per heavy atom. The Labute approximate surface area is 135 Å². The molecular formula is C19H18N2O2. The van der Waals surface area contributed by atoms with Gasteiger partial charge >= 0.3 is 0 Å². The van der Waals surface area contributed by atoms with E-state index in [1.807, 2.05) is 29.0 Å². The van der Waals surface area contributed by atoms with Crippen molar-refractivity contribution < 1.29 is 9.47 Å². The van der Waals surface area contributed by atoms with E-state index in [4.69, 9.17) is 9.47 Å². The largest absolute Gasteiger partial charge is 0.342 e. The van der Waals surface area contributed by atoms with Crippen molar-refractivity contribution in [3.63, 3.8) is 0 Å². The van der Waals surface area contributed by atoms with E-state index in [2.05, 4.69) is 41.4 Å². The zero-order valence-corrected chi connectivity index (χ0v) is 12.8. The van der Waals surface area contributed by atoms with Crippen molar-refractivity contribution in [3.8, 4) is 11.1 Å². The topological polar surface area (TPSA) is 36.3 Å². The summed E-state index contributed by atoms with van der Waals surface area (Å²) in [6, 6.07) is 18.7. The van der Waals surface area contributed by atoms with Crippen molar-refractivity contribution in [2.75, 3.05) is 13.2 Å². The number of hydrogen-bond donors (Lipinski definition) is 0. The molecule has 4 nitrogen and oxygen atoms in total. The highest BCUT2D eigenvalue weighted by Crippen LogP contribution is 2.35. The van der Waals surface area contributed by atoms with Crippen LogP contribution < -0.4 is 0 Å². The standard InChI is InChI=1S/C19H18N2O2/c1-2-5-16(6-3-1)17-7-4-8-18(13-17)19(22-11-12-23-19)14-21-10-9-20-15-21/h1-10,13,15H,11-12,14H2. The second-order valence-corrected chi connectivity index (χ2v) is 5.63. The summed E-state index contributed by atoms with van der Waals surface area (Å²) in [5, 5.41) is 0. The molecule has 2 heterocycles. The fourth-order valence-corrected chi connectivity index (χ4v) is 2.99. The van der Waals surface area contributed by atoms with Crippen LogP contribution in [0.2, 0.25) is 0 Å². The minimum absolute atomic E-state index is 0.589. The molecule has 116 valence electrons. The zero-order chi connectivity index (χ0) is 15.5. The smallest absolute Gasteiger partial charge is 0.213 e. The first-order chi connectivity index (χ1) is 11.4. The molecule has 0 atom stereocenters. The summed E-state index contributed by atoms with van der Waals surface area (Å²) < 4.78 is 14.0. The Hall–Kier alpha value is -2.43. The molecule has 1 aliphatic heterocycles. The number of imidazole rings is 1. The van der Waals surface area contributed by atoms with Gasteiger partial charge in [0.2, 0.25) is 5.79 Å². The number of hydrogen-bond acceptors (Lipinski definition) is 3. The van der Waals surface area contributed by atoms with E-state index in [1.165, 1.54) is 5.56 Å². The molecule has 0 bridgehead atoms. The molecule has 0 saturated carbocycles. The fraction of sp³-hybridized carbons (Fsp3) is 0.211. The molecule has 4 heteroatoms.